The van der Waals surface area contributed by atoms with Crippen LogP contribution in [0.4, 0.5) is 0 Å². The van der Waals surface area contributed by atoms with E-state index < -0.39 is 15.7 Å². The van der Waals surface area contributed by atoms with Gasteiger partial charge in [0.25, 0.3) is 5.91 Å². The summed E-state index contributed by atoms with van der Waals surface area (Å²) in [5.41, 5.74) is 1.69. The quantitative estimate of drug-likeness (QED) is 0.373. The molecule has 2 aromatic carbocycles. The highest BCUT2D eigenvalue weighted by molar-refractivity contribution is 8.42. The van der Waals surface area contributed by atoms with E-state index in [2.05, 4.69) is 10.1 Å². The smallest absolute Gasteiger partial charge is 0.283 e. The maximum absolute atomic E-state index is 12.6. The van der Waals surface area contributed by atoms with Gasteiger partial charge in [-0.2, -0.15) is 10.0 Å². The van der Waals surface area contributed by atoms with Gasteiger partial charge in [0.15, 0.2) is 17.3 Å². The summed E-state index contributed by atoms with van der Waals surface area (Å²) in [4.78, 5) is 16.5. The molecule has 0 radical (unpaired) electrons. The van der Waals surface area contributed by atoms with E-state index in [0.717, 1.165) is 28.1 Å². The molecule has 2 aliphatic heterocycles. The summed E-state index contributed by atoms with van der Waals surface area (Å²) in [6, 6.07) is 13.0. The number of aliphatic imine (C=N–C) groups is 1. The molecule has 0 atom stereocenters. The first kappa shape index (κ1) is 26.4. The largest absolute Gasteiger partial charge is 0.493 e. The Balaban J connectivity index is 1.42. The van der Waals surface area contributed by atoms with Crippen LogP contribution in [0.2, 0.25) is 0 Å². The molecule has 0 unspecified atom stereocenters. The molecule has 2 aliphatic rings. The Morgan fingerprint density at radius 1 is 1.11 bits per heavy atom. The minimum atomic E-state index is -3.59. The molecule has 0 aliphatic carbocycles. The molecule has 0 spiro atoms. The Morgan fingerprint density at radius 3 is 2.62 bits per heavy atom. The maximum atomic E-state index is 12.6. The van der Waals surface area contributed by atoms with Crippen molar-refractivity contribution in [2.75, 3.05) is 26.1 Å². The number of hydrogen-bond donors (Lipinski definition) is 1. The minimum Gasteiger partial charge on any atom is -0.493 e. The predicted octanol–water partition coefficient (Wildman–Crippen LogP) is 3.86. The SMILES string of the molecule is CCS(=O)(=O)C1=NN2C(=N)/C(=C/c3ccc(OCCCOc4cccc(C)c4)c(OC)c3)C(=O)N=C2S1. The van der Waals surface area contributed by atoms with Crippen LogP contribution in [0.25, 0.3) is 6.08 Å². The molecule has 2 heterocycles. The summed E-state index contributed by atoms with van der Waals surface area (Å²) in [6.07, 6.45) is 2.15. The van der Waals surface area contributed by atoms with Crippen molar-refractivity contribution in [3.63, 3.8) is 0 Å². The molecule has 4 rings (SSSR count). The third-order valence-corrected chi connectivity index (χ3v) is 8.47. The van der Waals surface area contributed by atoms with Crippen LogP contribution in [-0.4, -0.2) is 60.8 Å². The van der Waals surface area contributed by atoms with Gasteiger partial charge in [0.05, 0.1) is 31.6 Å². The van der Waals surface area contributed by atoms with E-state index in [0.29, 0.717) is 36.7 Å². The second-order valence-electron chi connectivity index (χ2n) is 8.07. The number of carbonyl (C=O) groups is 1. The summed E-state index contributed by atoms with van der Waals surface area (Å²) in [7, 11) is -2.08. The van der Waals surface area contributed by atoms with Crippen molar-refractivity contribution in [3.8, 4) is 17.2 Å². The number of benzene rings is 2. The molecule has 2 aromatic rings. The Kier molecular flexibility index (Phi) is 7.98. The zero-order chi connectivity index (χ0) is 26.6. The fraction of sp³-hybridized carbons (Fsp3) is 0.280. The number of amidine groups is 2. The second-order valence-corrected chi connectivity index (χ2v) is 11.5. The number of carbonyl (C=O) groups excluding carboxylic acids is 1. The molecular formula is C25H26N4O6S2. The van der Waals surface area contributed by atoms with Crippen LogP contribution in [0.5, 0.6) is 17.2 Å². The first-order valence-corrected chi connectivity index (χ1v) is 13.9. The summed E-state index contributed by atoms with van der Waals surface area (Å²) < 4.78 is 41.2. The molecular weight excluding hydrogens is 516 g/mol. The van der Waals surface area contributed by atoms with Gasteiger partial charge in [-0.25, -0.2) is 8.42 Å². The van der Waals surface area contributed by atoms with Crippen molar-refractivity contribution in [2.24, 2.45) is 10.1 Å². The fourth-order valence-corrected chi connectivity index (χ4v) is 5.58. The predicted molar refractivity (Wildman–Crippen MR) is 144 cm³/mol. The zero-order valence-electron chi connectivity index (χ0n) is 20.6. The number of fused-ring (bicyclic) bond motifs is 1. The number of nitrogens with one attached hydrogen (secondary N) is 1. The molecule has 10 nitrogen and oxygen atoms in total. The standard InChI is InChI=1S/C25H26N4O6S2/c1-4-37(31,32)25-28-29-22(26)19(23(30)27-24(29)36-25)14-17-9-10-20(21(15-17)33-3)35-12-6-11-34-18-8-5-7-16(2)13-18/h5,7-10,13-15,26H,4,6,11-12H2,1-3H3/b19-14-,26-22?. The van der Waals surface area contributed by atoms with E-state index >= 15 is 0 Å². The van der Waals surface area contributed by atoms with Gasteiger partial charge in [0, 0.05) is 6.42 Å². The van der Waals surface area contributed by atoms with Gasteiger partial charge in [0.2, 0.25) is 19.4 Å². The highest BCUT2D eigenvalue weighted by Crippen LogP contribution is 2.32. The number of amides is 1. The maximum Gasteiger partial charge on any atom is 0.283 e. The Morgan fingerprint density at radius 2 is 1.89 bits per heavy atom. The summed E-state index contributed by atoms with van der Waals surface area (Å²) in [6.45, 7) is 4.42. The molecule has 0 bridgehead atoms. The molecule has 1 amide bonds. The van der Waals surface area contributed by atoms with E-state index in [1.165, 1.54) is 20.1 Å². The minimum absolute atomic E-state index is 0.0211. The molecule has 0 aromatic heterocycles. The van der Waals surface area contributed by atoms with Crippen LogP contribution in [0, 0.1) is 12.3 Å². The third-order valence-electron chi connectivity index (χ3n) is 5.39. The van der Waals surface area contributed by atoms with Gasteiger partial charge in [-0.1, -0.05) is 25.1 Å². The van der Waals surface area contributed by atoms with Crippen LogP contribution in [0.15, 0.2) is 58.1 Å². The summed E-state index contributed by atoms with van der Waals surface area (Å²) in [5, 5.41) is 13.5. The van der Waals surface area contributed by atoms with Gasteiger partial charge < -0.3 is 14.2 Å². The zero-order valence-corrected chi connectivity index (χ0v) is 22.2. The van der Waals surface area contributed by atoms with Crippen molar-refractivity contribution in [1.29, 1.82) is 5.41 Å². The van der Waals surface area contributed by atoms with E-state index in [4.69, 9.17) is 19.6 Å². The number of ether oxygens (including phenoxy) is 3. The van der Waals surface area contributed by atoms with E-state index in [1.54, 1.807) is 18.2 Å². The summed E-state index contributed by atoms with van der Waals surface area (Å²) in [5.74, 6) is 0.756. The van der Waals surface area contributed by atoms with Gasteiger partial charge in [-0.3, -0.25) is 10.2 Å². The molecule has 1 N–H and O–H groups in total. The Bertz CT molecular complexity index is 1430. The highest BCUT2D eigenvalue weighted by atomic mass is 32.3. The van der Waals surface area contributed by atoms with Gasteiger partial charge in [0.1, 0.15) is 5.75 Å². The number of thioether (sulfide) groups is 1. The average molecular weight is 543 g/mol. The van der Waals surface area contributed by atoms with Gasteiger partial charge >= 0.3 is 0 Å². The second kappa shape index (κ2) is 11.2. The van der Waals surface area contributed by atoms with E-state index in [9.17, 15) is 13.2 Å². The van der Waals surface area contributed by atoms with Crippen molar-refractivity contribution < 1.29 is 27.4 Å². The third kappa shape index (κ3) is 6.03. The van der Waals surface area contributed by atoms with Crippen LogP contribution in [-0.2, 0) is 14.6 Å². The summed E-state index contributed by atoms with van der Waals surface area (Å²) >= 11 is 0.764. The number of hydrazone groups is 1. The van der Waals surface area contributed by atoms with Crippen molar-refractivity contribution in [3.05, 3.63) is 59.2 Å². The van der Waals surface area contributed by atoms with Crippen LogP contribution >= 0.6 is 11.8 Å². The number of methoxy groups -OCH3 is 1. The number of aryl methyl sites for hydroxylation is 1. The van der Waals surface area contributed by atoms with Crippen LogP contribution in [0.3, 0.4) is 0 Å². The lowest BCUT2D eigenvalue weighted by molar-refractivity contribution is -0.114. The van der Waals surface area contributed by atoms with Crippen molar-refractivity contribution >= 4 is 49.0 Å². The number of hydrogen-bond acceptors (Lipinski definition) is 9. The van der Waals surface area contributed by atoms with E-state index in [1.807, 2.05) is 31.2 Å². The lowest BCUT2D eigenvalue weighted by atomic mass is 10.1. The van der Waals surface area contributed by atoms with Crippen molar-refractivity contribution in [1.82, 2.24) is 5.01 Å². The van der Waals surface area contributed by atoms with Crippen LogP contribution in [0.1, 0.15) is 24.5 Å². The lowest BCUT2D eigenvalue weighted by Crippen LogP contribution is -2.35. The topological polar surface area (TPSA) is 131 Å². The number of sulfone groups is 1. The number of nitrogens with zero attached hydrogens (tertiary/aromatic N) is 3. The molecule has 194 valence electrons. The first-order valence-electron chi connectivity index (χ1n) is 11.4. The monoisotopic (exact) mass is 542 g/mol. The van der Waals surface area contributed by atoms with Crippen molar-refractivity contribution in [2.45, 2.75) is 20.3 Å². The molecule has 0 fully saturated rings. The molecule has 0 saturated heterocycles. The Labute approximate surface area is 219 Å². The van der Waals surface area contributed by atoms with Crippen LogP contribution < -0.4 is 14.2 Å². The van der Waals surface area contributed by atoms with Gasteiger partial charge in [-0.05, 0) is 60.2 Å². The normalized spacial score (nSPS) is 16.4. The fourth-order valence-electron chi connectivity index (χ4n) is 3.42. The number of rotatable bonds is 9. The first-order chi connectivity index (χ1) is 17.7. The lowest BCUT2D eigenvalue weighted by Gasteiger charge is -2.20. The van der Waals surface area contributed by atoms with E-state index in [-0.39, 0.29) is 26.7 Å². The van der Waals surface area contributed by atoms with Gasteiger partial charge in [-0.15, -0.1) is 5.10 Å². The highest BCUT2D eigenvalue weighted by Gasteiger charge is 2.39. The molecule has 12 heteroatoms. The average Bonchev–Trinajstić information content (AvgIpc) is 3.32. The molecule has 37 heavy (non-hydrogen) atoms. The Hall–Kier alpha value is -3.64. The molecule has 0 saturated carbocycles.